The highest BCUT2D eigenvalue weighted by atomic mass is 32.2. The van der Waals surface area contributed by atoms with Crippen molar-refractivity contribution < 1.29 is 17.6 Å². The highest BCUT2D eigenvalue weighted by Crippen LogP contribution is 2.21. The first-order valence-electron chi connectivity index (χ1n) is 8.00. The lowest BCUT2D eigenvalue weighted by Gasteiger charge is -2.28. The summed E-state index contributed by atoms with van der Waals surface area (Å²) in [6, 6.07) is 14.1. The Balaban J connectivity index is 1.82. The number of carbonyl (C=O) groups is 1. The number of urea groups is 1. The maximum absolute atomic E-state index is 13.5. The molecule has 1 heterocycles. The van der Waals surface area contributed by atoms with E-state index in [1.54, 1.807) is 36.4 Å². The SMILES string of the molecule is O=C(Nc1ccccc1)N(Cc1cccc(F)c1)[C@@H]1CCS(=O)(=O)C1. The lowest BCUT2D eigenvalue weighted by Crippen LogP contribution is -2.43. The van der Waals surface area contributed by atoms with Gasteiger partial charge in [-0.1, -0.05) is 30.3 Å². The molecule has 1 fully saturated rings. The zero-order chi connectivity index (χ0) is 17.9. The van der Waals surface area contributed by atoms with Gasteiger partial charge in [-0.2, -0.15) is 0 Å². The van der Waals surface area contributed by atoms with Crippen LogP contribution in [0.2, 0.25) is 0 Å². The van der Waals surface area contributed by atoms with Gasteiger partial charge in [0.25, 0.3) is 0 Å². The van der Waals surface area contributed by atoms with Gasteiger partial charge in [0.2, 0.25) is 0 Å². The molecule has 3 rings (SSSR count). The molecule has 1 aliphatic heterocycles. The molecule has 1 saturated heterocycles. The zero-order valence-corrected chi connectivity index (χ0v) is 14.4. The van der Waals surface area contributed by atoms with Gasteiger partial charge in [-0.15, -0.1) is 0 Å². The van der Waals surface area contributed by atoms with Gasteiger partial charge in [-0.25, -0.2) is 17.6 Å². The molecule has 0 aliphatic carbocycles. The molecule has 0 bridgehead atoms. The van der Waals surface area contributed by atoms with Crippen molar-refractivity contribution >= 4 is 21.6 Å². The lowest BCUT2D eigenvalue weighted by molar-refractivity contribution is 0.190. The Morgan fingerprint density at radius 2 is 1.92 bits per heavy atom. The van der Waals surface area contributed by atoms with Crippen molar-refractivity contribution in [2.75, 3.05) is 16.8 Å². The van der Waals surface area contributed by atoms with Crippen LogP contribution in [0, 0.1) is 5.82 Å². The second kappa shape index (κ2) is 7.23. The molecule has 0 unspecified atom stereocenters. The summed E-state index contributed by atoms with van der Waals surface area (Å²) in [5.74, 6) is -0.388. The molecule has 132 valence electrons. The number of amides is 2. The quantitative estimate of drug-likeness (QED) is 0.909. The summed E-state index contributed by atoms with van der Waals surface area (Å²) in [4.78, 5) is 14.2. The number of hydrogen-bond acceptors (Lipinski definition) is 3. The van der Waals surface area contributed by atoms with E-state index in [0.717, 1.165) is 0 Å². The topological polar surface area (TPSA) is 66.5 Å². The largest absolute Gasteiger partial charge is 0.322 e. The first-order chi connectivity index (χ1) is 11.9. The third-order valence-corrected chi connectivity index (χ3v) is 5.93. The molecule has 0 radical (unpaired) electrons. The van der Waals surface area contributed by atoms with E-state index in [9.17, 15) is 17.6 Å². The molecule has 7 heteroatoms. The van der Waals surface area contributed by atoms with Crippen LogP contribution in [-0.4, -0.2) is 36.9 Å². The Hall–Kier alpha value is -2.41. The van der Waals surface area contributed by atoms with Crippen molar-refractivity contribution in [3.05, 3.63) is 66.0 Å². The normalized spacial score (nSPS) is 18.7. The summed E-state index contributed by atoms with van der Waals surface area (Å²) in [7, 11) is -3.14. The van der Waals surface area contributed by atoms with Gasteiger partial charge >= 0.3 is 6.03 Å². The summed E-state index contributed by atoms with van der Waals surface area (Å²) < 4.78 is 37.1. The van der Waals surface area contributed by atoms with Gasteiger partial charge in [0.1, 0.15) is 5.82 Å². The summed E-state index contributed by atoms with van der Waals surface area (Å²) in [6.45, 7) is 0.149. The monoisotopic (exact) mass is 362 g/mol. The fraction of sp³-hybridized carbons (Fsp3) is 0.278. The van der Waals surface area contributed by atoms with Crippen LogP contribution in [0.3, 0.4) is 0 Å². The van der Waals surface area contributed by atoms with Crippen LogP contribution in [0.4, 0.5) is 14.9 Å². The molecule has 2 aromatic rings. The molecular formula is C18H19FN2O3S. The van der Waals surface area contributed by atoms with E-state index in [-0.39, 0.29) is 23.9 Å². The Bertz CT molecular complexity index is 856. The van der Waals surface area contributed by atoms with E-state index in [1.165, 1.54) is 17.0 Å². The van der Waals surface area contributed by atoms with E-state index < -0.39 is 21.9 Å². The molecule has 0 aromatic heterocycles. The Morgan fingerprint density at radius 1 is 1.16 bits per heavy atom. The molecule has 1 aliphatic rings. The molecule has 25 heavy (non-hydrogen) atoms. The predicted octanol–water partition coefficient (Wildman–Crippen LogP) is 3.05. The third-order valence-electron chi connectivity index (χ3n) is 4.18. The zero-order valence-electron chi connectivity index (χ0n) is 13.6. The highest BCUT2D eigenvalue weighted by molar-refractivity contribution is 7.91. The second-order valence-corrected chi connectivity index (χ2v) is 8.34. The number of carbonyl (C=O) groups excluding carboxylic acids is 1. The predicted molar refractivity (Wildman–Crippen MR) is 94.5 cm³/mol. The van der Waals surface area contributed by atoms with Crippen LogP contribution in [0.15, 0.2) is 54.6 Å². The summed E-state index contributed by atoms with van der Waals surface area (Å²) in [6.07, 6.45) is 0.389. The van der Waals surface area contributed by atoms with Crippen molar-refractivity contribution in [1.29, 1.82) is 0 Å². The number of rotatable bonds is 4. The number of halogens is 1. The van der Waals surface area contributed by atoms with Crippen LogP contribution in [-0.2, 0) is 16.4 Å². The molecule has 0 spiro atoms. The molecule has 2 amide bonds. The van der Waals surface area contributed by atoms with Crippen LogP contribution in [0.25, 0.3) is 0 Å². The average Bonchev–Trinajstić information content (AvgIpc) is 2.93. The van der Waals surface area contributed by atoms with E-state index in [0.29, 0.717) is 17.7 Å². The molecule has 5 nitrogen and oxygen atoms in total. The van der Waals surface area contributed by atoms with E-state index in [2.05, 4.69) is 5.32 Å². The third kappa shape index (κ3) is 4.57. The van der Waals surface area contributed by atoms with Gasteiger partial charge in [0.05, 0.1) is 11.5 Å². The van der Waals surface area contributed by atoms with Gasteiger partial charge in [-0.3, -0.25) is 0 Å². The number of nitrogens with one attached hydrogen (secondary N) is 1. The first kappa shape index (κ1) is 17.4. The number of hydrogen-bond donors (Lipinski definition) is 1. The fourth-order valence-electron chi connectivity index (χ4n) is 2.94. The second-order valence-electron chi connectivity index (χ2n) is 6.11. The molecular weight excluding hydrogens is 343 g/mol. The number of sulfone groups is 1. The van der Waals surface area contributed by atoms with Crippen LogP contribution in [0.5, 0.6) is 0 Å². The highest BCUT2D eigenvalue weighted by Gasteiger charge is 2.34. The van der Waals surface area contributed by atoms with Crippen molar-refractivity contribution in [2.24, 2.45) is 0 Å². The molecule has 2 aromatic carbocycles. The number of benzene rings is 2. The van der Waals surface area contributed by atoms with E-state index in [1.807, 2.05) is 6.07 Å². The van der Waals surface area contributed by atoms with Crippen LogP contribution < -0.4 is 5.32 Å². The van der Waals surface area contributed by atoms with Crippen LogP contribution in [0.1, 0.15) is 12.0 Å². The Morgan fingerprint density at radius 3 is 2.56 bits per heavy atom. The van der Waals surface area contributed by atoms with Crippen LogP contribution >= 0.6 is 0 Å². The van der Waals surface area contributed by atoms with Crippen molar-refractivity contribution in [2.45, 2.75) is 19.0 Å². The van der Waals surface area contributed by atoms with Gasteiger partial charge in [0.15, 0.2) is 9.84 Å². The Labute approximate surface area is 146 Å². The molecule has 1 atom stereocenters. The van der Waals surface area contributed by atoms with Gasteiger partial charge < -0.3 is 10.2 Å². The summed E-state index contributed by atoms with van der Waals surface area (Å²) >= 11 is 0. The molecule has 1 N–H and O–H groups in total. The van der Waals surface area contributed by atoms with Crippen molar-refractivity contribution in [3.63, 3.8) is 0 Å². The van der Waals surface area contributed by atoms with Gasteiger partial charge in [-0.05, 0) is 36.2 Å². The maximum atomic E-state index is 13.5. The number of para-hydroxylation sites is 1. The standard InChI is InChI=1S/C18H19FN2O3S/c19-15-6-4-5-14(11-15)12-21(17-9-10-25(23,24)13-17)18(22)20-16-7-2-1-3-8-16/h1-8,11,17H,9-10,12-13H2,(H,20,22)/t17-/m1/s1. The van der Waals surface area contributed by atoms with Crippen molar-refractivity contribution in [1.82, 2.24) is 4.90 Å². The summed E-state index contributed by atoms with van der Waals surface area (Å²) in [5, 5.41) is 2.78. The smallest absolute Gasteiger partial charge is 0.316 e. The fourth-order valence-corrected chi connectivity index (χ4v) is 4.67. The lowest BCUT2D eigenvalue weighted by atomic mass is 10.1. The van der Waals surface area contributed by atoms with Crippen molar-refractivity contribution in [3.8, 4) is 0 Å². The van der Waals surface area contributed by atoms with Gasteiger partial charge in [0, 0.05) is 18.3 Å². The first-order valence-corrected chi connectivity index (χ1v) is 9.83. The minimum Gasteiger partial charge on any atom is -0.316 e. The van der Waals surface area contributed by atoms with E-state index >= 15 is 0 Å². The summed E-state index contributed by atoms with van der Waals surface area (Å²) in [5.41, 5.74) is 1.24. The maximum Gasteiger partial charge on any atom is 0.322 e. The number of nitrogens with zero attached hydrogens (tertiary/aromatic N) is 1. The average molecular weight is 362 g/mol. The van der Waals surface area contributed by atoms with E-state index in [4.69, 9.17) is 0 Å². The molecule has 0 saturated carbocycles. The number of anilines is 1. The Kier molecular flexibility index (Phi) is 5.03. The minimum absolute atomic E-state index is 0.0650. The minimum atomic E-state index is -3.14.